The fourth-order valence-electron chi connectivity index (χ4n) is 8.71. The van der Waals surface area contributed by atoms with E-state index in [1.807, 2.05) is 57.2 Å². The van der Waals surface area contributed by atoms with Gasteiger partial charge in [-0.05, 0) is 105 Å². The lowest BCUT2D eigenvalue weighted by molar-refractivity contribution is -0.253. The van der Waals surface area contributed by atoms with E-state index in [2.05, 4.69) is 36.9 Å². The number of hydrogen-bond acceptors (Lipinski definition) is 9. The number of likely N-dealkylation sites (N-methyl/N-ethyl adjacent to an activating group) is 1. The summed E-state index contributed by atoms with van der Waals surface area (Å²) in [6.45, 7) is 10.3. The summed E-state index contributed by atoms with van der Waals surface area (Å²) in [4.78, 5) is 21.4. The van der Waals surface area contributed by atoms with Gasteiger partial charge >= 0.3 is 6.09 Å². The number of aliphatic hydroxyl groups excluding tert-OH is 2. The number of nitrogens with zero attached hydrogens (tertiary/aromatic N) is 2. The zero-order chi connectivity index (χ0) is 39.9. The quantitative estimate of drug-likeness (QED) is 0.0602. The molecule has 2 N–H and O–H groups in total. The number of hydrogen-bond donors (Lipinski definition) is 2. The SMILES string of the molecule is C=CCO[C@@]12Oc3ccc(Oc4ccc5ccccc5c4)cc3[C@H]3[C@H](CCCCO)[C@@H](CCCCO)C=C(C(=NOC(C)(C)C)C[C@@H]1N(C)C(=O)OCCCl)[C@H]32. The van der Waals surface area contributed by atoms with E-state index in [1.54, 1.807) is 18.0 Å². The number of fused-ring (bicyclic) bond motifs is 3. The minimum atomic E-state index is -1.38. The van der Waals surface area contributed by atoms with Gasteiger partial charge in [-0.25, -0.2) is 4.79 Å². The summed E-state index contributed by atoms with van der Waals surface area (Å²) in [6, 6.07) is 19.5. The van der Waals surface area contributed by atoms with Crippen molar-refractivity contribution >= 4 is 34.2 Å². The van der Waals surface area contributed by atoms with Crippen molar-refractivity contribution in [3.8, 4) is 17.2 Å². The van der Waals surface area contributed by atoms with Crippen LogP contribution >= 0.6 is 11.6 Å². The predicted octanol–water partition coefficient (Wildman–Crippen LogP) is 9.37. The number of allylic oxidation sites excluding steroid dienone is 1. The molecule has 0 unspecified atom stereocenters. The lowest BCUT2D eigenvalue weighted by Gasteiger charge is -2.59. The molecule has 0 radical (unpaired) electrons. The minimum absolute atomic E-state index is 0.0510. The lowest BCUT2D eigenvalue weighted by atomic mass is 9.55. The van der Waals surface area contributed by atoms with Gasteiger partial charge in [-0.2, -0.15) is 0 Å². The Labute approximate surface area is 336 Å². The van der Waals surface area contributed by atoms with Crippen molar-refractivity contribution in [2.45, 2.75) is 89.1 Å². The molecule has 3 aromatic carbocycles. The van der Waals surface area contributed by atoms with Gasteiger partial charge in [0.2, 0.25) is 5.79 Å². The topological polar surface area (TPSA) is 119 Å². The highest BCUT2D eigenvalue weighted by Crippen LogP contribution is 2.62. The van der Waals surface area contributed by atoms with Crippen LogP contribution < -0.4 is 9.47 Å². The third-order valence-electron chi connectivity index (χ3n) is 11.1. The molecular weight excluding hydrogens is 732 g/mol. The number of alkyl halides is 1. The summed E-state index contributed by atoms with van der Waals surface area (Å²) < 4.78 is 26.3. The van der Waals surface area contributed by atoms with Crippen LogP contribution in [0.4, 0.5) is 4.79 Å². The first-order chi connectivity index (χ1) is 27.0. The summed E-state index contributed by atoms with van der Waals surface area (Å²) in [5, 5.41) is 26.8. The first-order valence-electron chi connectivity index (χ1n) is 19.9. The summed E-state index contributed by atoms with van der Waals surface area (Å²) in [5.74, 6) is 0.374. The number of ether oxygens (including phenoxy) is 4. The summed E-state index contributed by atoms with van der Waals surface area (Å²) in [5.41, 5.74) is 2.07. The van der Waals surface area contributed by atoms with Gasteiger partial charge in [-0.3, -0.25) is 0 Å². The Morgan fingerprint density at radius 1 is 1.02 bits per heavy atom. The number of carbonyl (C=O) groups is 1. The zero-order valence-electron chi connectivity index (χ0n) is 33.1. The molecule has 302 valence electrons. The van der Waals surface area contributed by atoms with Crippen LogP contribution in [0, 0.1) is 17.8 Å². The second-order valence-corrected chi connectivity index (χ2v) is 16.4. The normalized spacial score (nSPS) is 24.7. The maximum Gasteiger partial charge on any atom is 0.410 e. The molecule has 56 heavy (non-hydrogen) atoms. The number of aliphatic hydroxyl groups is 2. The van der Waals surface area contributed by atoms with Gasteiger partial charge in [0.25, 0.3) is 0 Å². The first kappa shape index (κ1) is 41.5. The standard InChI is InChI=1S/C45H57ClN2O8/c1-6-24-53-45-40(48(5)43(51)52-25-21-46)29-38(47-56-44(2,3)4)36-27-32(15-9-11-22-49)35(16-10-12-23-50)41(42(36)45)37-28-34(19-20-39(37)55-45)54-33-18-17-30-13-7-8-14-31(30)26-33/h6-8,13-14,17-20,26-28,32,35,40-42,49-50H,1,9-12,15-16,21-25,29H2,2-5H3/t32-,35+,40-,41+,42+,45+/m0/s1. The van der Waals surface area contributed by atoms with E-state index in [-0.39, 0.29) is 56.5 Å². The molecule has 1 saturated carbocycles. The molecule has 0 aromatic heterocycles. The third-order valence-corrected chi connectivity index (χ3v) is 11.2. The minimum Gasteiger partial charge on any atom is -0.459 e. The molecule has 0 spiro atoms. The lowest BCUT2D eigenvalue weighted by Crippen LogP contribution is -2.69. The number of rotatable bonds is 17. The van der Waals surface area contributed by atoms with Crippen LogP contribution in [0.5, 0.6) is 17.2 Å². The van der Waals surface area contributed by atoms with Gasteiger partial charge in [0.1, 0.15) is 35.5 Å². The van der Waals surface area contributed by atoms with Crippen molar-refractivity contribution in [2.24, 2.45) is 22.9 Å². The number of oxime groups is 1. The third kappa shape index (κ3) is 9.04. The average molecular weight is 789 g/mol. The molecule has 3 aliphatic rings. The van der Waals surface area contributed by atoms with Crippen molar-refractivity contribution in [3.63, 3.8) is 0 Å². The Kier molecular flexibility index (Phi) is 13.7. The fraction of sp³-hybridized carbons (Fsp3) is 0.511. The largest absolute Gasteiger partial charge is 0.459 e. The van der Waals surface area contributed by atoms with Crippen LogP contribution in [0.25, 0.3) is 10.8 Å². The number of halogens is 1. The monoisotopic (exact) mass is 788 g/mol. The second kappa shape index (κ2) is 18.4. The Balaban J connectivity index is 1.56. The molecule has 1 heterocycles. The molecule has 11 heteroatoms. The van der Waals surface area contributed by atoms with Crippen LogP contribution in [0.15, 0.2) is 90.1 Å². The maximum absolute atomic E-state index is 13.7. The first-order valence-corrected chi connectivity index (χ1v) is 20.5. The van der Waals surface area contributed by atoms with Gasteiger partial charge < -0.3 is 38.9 Å². The van der Waals surface area contributed by atoms with E-state index in [9.17, 15) is 15.0 Å². The van der Waals surface area contributed by atoms with Crippen molar-refractivity contribution in [1.29, 1.82) is 0 Å². The highest BCUT2D eigenvalue weighted by atomic mass is 35.5. The van der Waals surface area contributed by atoms with Crippen LogP contribution in [0.1, 0.15) is 77.2 Å². The molecular formula is C45H57ClN2O8. The van der Waals surface area contributed by atoms with E-state index in [1.165, 1.54) is 0 Å². The van der Waals surface area contributed by atoms with Crippen molar-refractivity contribution in [2.75, 3.05) is 39.4 Å². The molecule has 1 fully saturated rings. The van der Waals surface area contributed by atoms with E-state index in [0.717, 1.165) is 53.3 Å². The Hall–Kier alpha value is -4.09. The molecule has 6 atom stereocenters. The number of unbranched alkanes of at least 4 members (excludes halogenated alkanes) is 2. The van der Waals surface area contributed by atoms with E-state index < -0.39 is 29.4 Å². The highest BCUT2D eigenvalue weighted by molar-refractivity contribution is 6.18. The highest BCUT2D eigenvalue weighted by Gasteiger charge is 2.65. The zero-order valence-corrected chi connectivity index (χ0v) is 33.9. The van der Waals surface area contributed by atoms with Gasteiger partial charge in [-0.15, -0.1) is 18.2 Å². The van der Waals surface area contributed by atoms with Gasteiger partial charge in [0.05, 0.1) is 24.1 Å². The van der Waals surface area contributed by atoms with Gasteiger partial charge in [0, 0.05) is 38.2 Å². The predicted molar refractivity (Wildman–Crippen MR) is 220 cm³/mol. The molecule has 3 aromatic rings. The summed E-state index contributed by atoms with van der Waals surface area (Å²) in [7, 11) is 1.70. The van der Waals surface area contributed by atoms with Crippen molar-refractivity contribution < 1.29 is 38.8 Å². The molecule has 6 rings (SSSR count). The van der Waals surface area contributed by atoms with E-state index in [4.69, 9.17) is 40.5 Å². The van der Waals surface area contributed by atoms with Crippen LogP contribution in [0.2, 0.25) is 0 Å². The summed E-state index contributed by atoms with van der Waals surface area (Å²) in [6.07, 6.45) is 8.43. The maximum atomic E-state index is 13.7. The second-order valence-electron chi connectivity index (χ2n) is 16.0. The average Bonchev–Trinajstić information content (AvgIpc) is 3.19. The van der Waals surface area contributed by atoms with Crippen LogP contribution in [-0.4, -0.2) is 83.7 Å². The summed E-state index contributed by atoms with van der Waals surface area (Å²) >= 11 is 5.95. The molecule has 0 bridgehead atoms. The van der Waals surface area contributed by atoms with Crippen LogP contribution in [-0.2, 0) is 14.3 Å². The van der Waals surface area contributed by atoms with Gasteiger partial charge in [-0.1, -0.05) is 60.5 Å². The van der Waals surface area contributed by atoms with Crippen LogP contribution in [0.3, 0.4) is 0 Å². The van der Waals surface area contributed by atoms with Crippen molar-refractivity contribution in [3.05, 3.63) is 90.5 Å². The molecule has 1 amide bonds. The van der Waals surface area contributed by atoms with Crippen molar-refractivity contribution in [1.82, 2.24) is 4.90 Å². The Morgan fingerprint density at radius 3 is 2.45 bits per heavy atom. The smallest absolute Gasteiger partial charge is 0.410 e. The molecule has 1 aliphatic heterocycles. The van der Waals surface area contributed by atoms with E-state index in [0.29, 0.717) is 30.1 Å². The van der Waals surface area contributed by atoms with Gasteiger partial charge in [0.15, 0.2) is 0 Å². The molecule has 10 nitrogen and oxygen atoms in total. The van der Waals surface area contributed by atoms with E-state index >= 15 is 0 Å². The molecule has 0 saturated heterocycles. The molecule has 2 aliphatic carbocycles. The Bertz CT molecular complexity index is 1890. The number of carbonyl (C=O) groups excluding carboxylic acids is 1. The number of benzene rings is 3. The Morgan fingerprint density at radius 2 is 1.73 bits per heavy atom. The fourth-order valence-corrected chi connectivity index (χ4v) is 8.78. The number of amides is 1.